The van der Waals surface area contributed by atoms with E-state index in [-0.39, 0.29) is 17.1 Å². The lowest BCUT2D eigenvalue weighted by Gasteiger charge is -2.08. The zero-order chi connectivity index (χ0) is 17.5. The van der Waals surface area contributed by atoms with Crippen LogP contribution in [0.5, 0.6) is 11.5 Å². The number of allylic oxidation sites excluding steroid dienone is 1. The maximum absolute atomic E-state index is 12.3. The molecular formula is C21H17NO3. The van der Waals surface area contributed by atoms with Crippen LogP contribution in [0, 0.1) is 0 Å². The first-order chi connectivity index (χ1) is 12.2. The number of carbonyl (C=O) groups excluding carboxylic acids is 1. The predicted molar refractivity (Wildman–Crippen MR) is 96.5 cm³/mol. The Kier molecular flexibility index (Phi) is 5.22. The first-order valence-electron chi connectivity index (χ1n) is 7.85. The topological polar surface area (TPSA) is 59.4 Å². The van der Waals surface area contributed by atoms with Gasteiger partial charge < -0.3 is 9.84 Å². The lowest BCUT2D eigenvalue weighted by Crippen LogP contribution is -1.99. The van der Waals surface area contributed by atoms with E-state index in [2.05, 4.69) is 4.98 Å². The van der Waals surface area contributed by atoms with Gasteiger partial charge in [-0.25, -0.2) is 0 Å². The van der Waals surface area contributed by atoms with E-state index in [0.717, 1.165) is 5.56 Å². The summed E-state index contributed by atoms with van der Waals surface area (Å²) in [5.41, 5.74) is 1.89. The van der Waals surface area contributed by atoms with E-state index in [4.69, 9.17) is 4.74 Å². The Balaban J connectivity index is 1.72. The number of nitrogens with zero attached hydrogens (tertiary/aromatic N) is 1. The molecule has 0 spiro atoms. The second kappa shape index (κ2) is 7.93. The van der Waals surface area contributed by atoms with E-state index in [0.29, 0.717) is 18.1 Å². The molecule has 3 rings (SSSR count). The van der Waals surface area contributed by atoms with E-state index in [1.54, 1.807) is 36.5 Å². The molecular weight excluding hydrogens is 314 g/mol. The summed E-state index contributed by atoms with van der Waals surface area (Å²) in [6, 6.07) is 19.8. The highest BCUT2D eigenvalue weighted by Gasteiger charge is 2.10. The van der Waals surface area contributed by atoms with E-state index in [1.165, 1.54) is 12.1 Å². The molecule has 0 radical (unpaired) electrons. The molecule has 4 nitrogen and oxygen atoms in total. The van der Waals surface area contributed by atoms with Gasteiger partial charge in [-0.05, 0) is 48.0 Å². The van der Waals surface area contributed by atoms with Crippen molar-refractivity contribution in [1.29, 1.82) is 0 Å². The number of ether oxygens (including phenoxy) is 1. The maximum Gasteiger partial charge on any atom is 0.189 e. The van der Waals surface area contributed by atoms with Crippen LogP contribution in [0.1, 0.15) is 21.6 Å². The van der Waals surface area contributed by atoms with Crippen LogP contribution in [-0.2, 0) is 6.61 Å². The first kappa shape index (κ1) is 16.5. The molecule has 0 aliphatic rings. The second-order valence-corrected chi connectivity index (χ2v) is 5.41. The number of carbonyl (C=O) groups is 1. The summed E-state index contributed by atoms with van der Waals surface area (Å²) in [5, 5.41) is 9.96. The van der Waals surface area contributed by atoms with Crippen molar-refractivity contribution in [3.8, 4) is 11.5 Å². The first-order valence-corrected chi connectivity index (χ1v) is 7.85. The van der Waals surface area contributed by atoms with Crippen LogP contribution in [0.15, 0.2) is 79.0 Å². The van der Waals surface area contributed by atoms with E-state index >= 15 is 0 Å². The smallest absolute Gasteiger partial charge is 0.189 e. The van der Waals surface area contributed by atoms with Gasteiger partial charge in [-0.1, -0.05) is 36.4 Å². The summed E-state index contributed by atoms with van der Waals surface area (Å²) in [6.45, 7) is 0.392. The number of phenols is 1. The fourth-order valence-corrected chi connectivity index (χ4v) is 2.27. The van der Waals surface area contributed by atoms with Crippen molar-refractivity contribution in [2.75, 3.05) is 0 Å². The minimum absolute atomic E-state index is 0.0808. The van der Waals surface area contributed by atoms with Gasteiger partial charge in [-0.2, -0.15) is 0 Å². The standard InChI is InChI=1S/C21H17NO3/c23-20(11-9-17-8-4-5-13-22-17)19-14-18(10-12-21(19)24)25-15-16-6-2-1-3-7-16/h1-14,24H,15H2/b11-9+. The third-order valence-electron chi connectivity index (χ3n) is 3.58. The minimum Gasteiger partial charge on any atom is -0.507 e. The van der Waals surface area contributed by atoms with E-state index < -0.39 is 0 Å². The number of ketones is 1. The molecule has 1 aromatic heterocycles. The number of rotatable bonds is 6. The van der Waals surface area contributed by atoms with Crippen LogP contribution in [0.3, 0.4) is 0 Å². The highest BCUT2D eigenvalue weighted by Crippen LogP contribution is 2.24. The van der Waals surface area contributed by atoms with E-state index in [1.807, 2.05) is 36.4 Å². The molecule has 0 saturated carbocycles. The average molecular weight is 331 g/mol. The van der Waals surface area contributed by atoms with Gasteiger partial charge in [0.05, 0.1) is 11.3 Å². The summed E-state index contributed by atoms with van der Waals surface area (Å²) in [6.07, 6.45) is 4.65. The van der Waals surface area contributed by atoms with Crippen LogP contribution >= 0.6 is 0 Å². The molecule has 0 fully saturated rings. The number of hydrogen-bond donors (Lipinski definition) is 1. The number of pyridine rings is 1. The van der Waals surface area contributed by atoms with Gasteiger partial charge in [-0.3, -0.25) is 9.78 Å². The number of benzene rings is 2. The number of phenolic OH excluding ortho intramolecular Hbond substituents is 1. The average Bonchev–Trinajstić information content (AvgIpc) is 2.67. The Bertz CT molecular complexity index is 874. The summed E-state index contributed by atoms with van der Waals surface area (Å²) in [7, 11) is 0. The Morgan fingerprint density at radius 2 is 1.84 bits per heavy atom. The van der Waals surface area contributed by atoms with Crippen molar-refractivity contribution in [1.82, 2.24) is 4.98 Å². The molecule has 0 saturated heterocycles. The third kappa shape index (κ3) is 4.54. The Morgan fingerprint density at radius 1 is 1.04 bits per heavy atom. The summed E-state index contributed by atoms with van der Waals surface area (Å²) in [4.78, 5) is 16.5. The van der Waals surface area contributed by atoms with Crippen molar-refractivity contribution in [2.45, 2.75) is 6.61 Å². The molecule has 3 aromatic rings. The molecule has 0 unspecified atom stereocenters. The Labute approximate surface area is 146 Å². The molecule has 2 aromatic carbocycles. The molecule has 0 bridgehead atoms. The fraction of sp³-hybridized carbons (Fsp3) is 0.0476. The molecule has 1 heterocycles. The largest absolute Gasteiger partial charge is 0.507 e. The van der Waals surface area contributed by atoms with Crippen LogP contribution in [0.25, 0.3) is 6.08 Å². The van der Waals surface area contributed by atoms with Crippen molar-refractivity contribution in [3.05, 3.63) is 95.8 Å². The van der Waals surface area contributed by atoms with Crippen LogP contribution in [-0.4, -0.2) is 15.9 Å². The normalized spacial score (nSPS) is 10.7. The van der Waals surface area contributed by atoms with Crippen molar-refractivity contribution in [3.63, 3.8) is 0 Å². The fourth-order valence-electron chi connectivity index (χ4n) is 2.27. The molecule has 4 heteroatoms. The highest BCUT2D eigenvalue weighted by atomic mass is 16.5. The lowest BCUT2D eigenvalue weighted by atomic mass is 10.1. The quantitative estimate of drug-likeness (QED) is 0.541. The van der Waals surface area contributed by atoms with Crippen LogP contribution in [0.4, 0.5) is 0 Å². The van der Waals surface area contributed by atoms with Gasteiger partial charge in [0.15, 0.2) is 5.78 Å². The zero-order valence-electron chi connectivity index (χ0n) is 13.5. The predicted octanol–water partition coefficient (Wildman–Crippen LogP) is 4.26. The summed E-state index contributed by atoms with van der Waals surface area (Å²) < 4.78 is 5.70. The van der Waals surface area contributed by atoms with Crippen LogP contribution in [0.2, 0.25) is 0 Å². The van der Waals surface area contributed by atoms with Crippen LogP contribution < -0.4 is 4.74 Å². The van der Waals surface area contributed by atoms with Gasteiger partial charge in [0.1, 0.15) is 18.1 Å². The molecule has 0 aliphatic heterocycles. The minimum atomic E-state index is -0.312. The molecule has 124 valence electrons. The second-order valence-electron chi connectivity index (χ2n) is 5.41. The monoisotopic (exact) mass is 331 g/mol. The van der Waals surface area contributed by atoms with Gasteiger partial charge in [0, 0.05) is 6.20 Å². The molecule has 0 aliphatic carbocycles. The van der Waals surface area contributed by atoms with E-state index in [9.17, 15) is 9.90 Å². The Morgan fingerprint density at radius 3 is 2.60 bits per heavy atom. The SMILES string of the molecule is O=C(/C=C/c1ccccn1)c1cc(OCc2ccccc2)ccc1O. The number of aromatic hydroxyl groups is 1. The van der Waals surface area contributed by atoms with Gasteiger partial charge in [0.2, 0.25) is 0 Å². The summed E-state index contributed by atoms with van der Waals surface area (Å²) >= 11 is 0. The molecule has 0 atom stereocenters. The van der Waals surface area contributed by atoms with Crippen molar-refractivity contribution < 1.29 is 14.6 Å². The third-order valence-corrected chi connectivity index (χ3v) is 3.58. The molecule has 1 N–H and O–H groups in total. The molecule has 25 heavy (non-hydrogen) atoms. The Hall–Kier alpha value is -3.40. The summed E-state index contributed by atoms with van der Waals surface area (Å²) in [5.74, 6) is 0.132. The van der Waals surface area contributed by atoms with Gasteiger partial charge >= 0.3 is 0 Å². The highest BCUT2D eigenvalue weighted by molar-refractivity contribution is 6.08. The van der Waals surface area contributed by atoms with Crippen molar-refractivity contribution in [2.24, 2.45) is 0 Å². The number of aromatic nitrogens is 1. The van der Waals surface area contributed by atoms with Gasteiger partial charge in [0.25, 0.3) is 0 Å². The van der Waals surface area contributed by atoms with Crippen molar-refractivity contribution >= 4 is 11.9 Å². The maximum atomic E-state index is 12.3. The lowest BCUT2D eigenvalue weighted by molar-refractivity contribution is 0.104. The van der Waals surface area contributed by atoms with Gasteiger partial charge in [-0.15, -0.1) is 0 Å². The zero-order valence-corrected chi connectivity index (χ0v) is 13.5. The number of hydrogen-bond acceptors (Lipinski definition) is 4. The molecule has 0 amide bonds.